The summed E-state index contributed by atoms with van der Waals surface area (Å²) in [5.41, 5.74) is 1.54. The fourth-order valence-electron chi connectivity index (χ4n) is 3.78. The van der Waals surface area contributed by atoms with Crippen LogP contribution in [0.3, 0.4) is 0 Å². The lowest BCUT2D eigenvalue weighted by Gasteiger charge is -2.36. The average molecular weight is 445 g/mol. The summed E-state index contributed by atoms with van der Waals surface area (Å²) in [5, 5.41) is 1.93. The van der Waals surface area contributed by atoms with E-state index in [2.05, 4.69) is 4.74 Å². The quantitative estimate of drug-likeness (QED) is 0.511. The first-order chi connectivity index (χ1) is 14.8. The number of rotatable bonds is 3. The van der Waals surface area contributed by atoms with E-state index < -0.39 is 23.8 Å². The van der Waals surface area contributed by atoms with Crippen molar-refractivity contribution in [1.82, 2.24) is 4.90 Å². The van der Waals surface area contributed by atoms with Crippen molar-refractivity contribution in [2.75, 3.05) is 13.7 Å². The van der Waals surface area contributed by atoms with E-state index in [4.69, 9.17) is 0 Å². The van der Waals surface area contributed by atoms with Gasteiger partial charge in [0, 0.05) is 17.0 Å². The molecule has 2 heterocycles. The summed E-state index contributed by atoms with van der Waals surface area (Å²) in [6.45, 7) is 0.441. The maximum absolute atomic E-state index is 13.3. The summed E-state index contributed by atoms with van der Waals surface area (Å²) in [4.78, 5) is 27.8. The van der Waals surface area contributed by atoms with E-state index in [-0.39, 0.29) is 5.91 Å². The number of benzene rings is 2. The van der Waals surface area contributed by atoms with Crippen molar-refractivity contribution in [3.8, 4) is 0 Å². The number of hydrogen-bond donors (Lipinski definition) is 0. The van der Waals surface area contributed by atoms with Crippen molar-refractivity contribution < 1.29 is 27.5 Å². The number of alkyl halides is 3. The van der Waals surface area contributed by atoms with Gasteiger partial charge < -0.3 is 9.64 Å². The predicted octanol–water partition coefficient (Wildman–Crippen LogP) is 5.34. The van der Waals surface area contributed by atoms with Gasteiger partial charge >= 0.3 is 12.1 Å². The number of nitrogens with zero attached hydrogens (tertiary/aromatic N) is 1. The number of esters is 1. The van der Waals surface area contributed by atoms with Gasteiger partial charge in [0.1, 0.15) is 0 Å². The maximum Gasteiger partial charge on any atom is 0.416 e. The van der Waals surface area contributed by atoms with Crippen LogP contribution in [0.25, 0.3) is 0 Å². The highest BCUT2D eigenvalue weighted by atomic mass is 32.1. The van der Waals surface area contributed by atoms with Crippen molar-refractivity contribution in [3.63, 3.8) is 0 Å². The van der Waals surface area contributed by atoms with Gasteiger partial charge in [0.2, 0.25) is 0 Å². The maximum atomic E-state index is 13.3. The zero-order valence-corrected chi connectivity index (χ0v) is 17.3. The first kappa shape index (κ1) is 21.1. The number of fused-ring (bicyclic) bond motifs is 1. The lowest BCUT2D eigenvalue weighted by Crippen LogP contribution is -2.40. The Morgan fingerprint density at radius 2 is 1.65 bits per heavy atom. The summed E-state index contributed by atoms with van der Waals surface area (Å²) >= 11 is 1.58. The number of halogens is 3. The third-order valence-electron chi connectivity index (χ3n) is 5.33. The van der Waals surface area contributed by atoms with Crippen LogP contribution in [-0.4, -0.2) is 30.4 Å². The summed E-state index contributed by atoms with van der Waals surface area (Å²) < 4.78 is 43.7. The molecule has 0 saturated heterocycles. The second-order valence-corrected chi connectivity index (χ2v) is 8.14. The van der Waals surface area contributed by atoms with Crippen LogP contribution in [0.1, 0.15) is 48.3 Å². The Morgan fingerprint density at radius 1 is 1.00 bits per heavy atom. The van der Waals surface area contributed by atoms with Crippen LogP contribution in [0.5, 0.6) is 0 Å². The van der Waals surface area contributed by atoms with Crippen LogP contribution in [0.2, 0.25) is 0 Å². The molecule has 0 bridgehead atoms. The molecule has 4 nitrogen and oxygen atoms in total. The first-order valence-electron chi connectivity index (χ1n) is 9.52. The summed E-state index contributed by atoms with van der Waals surface area (Å²) in [6.07, 6.45) is -3.74. The van der Waals surface area contributed by atoms with Gasteiger partial charge in [0.25, 0.3) is 5.91 Å². The highest BCUT2D eigenvalue weighted by molar-refractivity contribution is 7.10. The summed E-state index contributed by atoms with van der Waals surface area (Å²) in [5.74, 6) is -0.749. The lowest BCUT2D eigenvalue weighted by molar-refractivity contribution is -0.137. The Bertz CT molecular complexity index is 1100. The van der Waals surface area contributed by atoms with Gasteiger partial charge in [0.05, 0.1) is 24.3 Å². The van der Waals surface area contributed by atoms with Crippen LogP contribution in [0, 0.1) is 0 Å². The SMILES string of the molecule is COC(=O)c1ccc(C(=O)N2CCc3sccc3C2c2ccc(C(F)(F)F)cc2)cc1. The topological polar surface area (TPSA) is 46.6 Å². The normalized spacial score (nSPS) is 16.0. The van der Waals surface area contributed by atoms with Crippen molar-refractivity contribution in [3.05, 3.63) is 92.7 Å². The van der Waals surface area contributed by atoms with Crippen molar-refractivity contribution in [2.24, 2.45) is 0 Å². The number of methoxy groups -OCH3 is 1. The molecule has 1 aliphatic rings. The number of thiophene rings is 1. The van der Waals surface area contributed by atoms with E-state index >= 15 is 0 Å². The highest BCUT2D eigenvalue weighted by Gasteiger charge is 2.35. The second kappa shape index (κ2) is 8.19. The van der Waals surface area contributed by atoms with Crippen LogP contribution < -0.4 is 0 Å². The Balaban J connectivity index is 1.69. The van der Waals surface area contributed by atoms with Crippen LogP contribution in [0.15, 0.2) is 60.0 Å². The van der Waals surface area contributed by atoms with Crippen LogP contribution >= 0.6 is 11.3 Å². The molecule has 0 aliphatic carbocycles. The van der Waals surface area contributed by atoms with Gasteiger partial charge in [0.15, 0.2) is 0 Å². The Kier molecular flexibility index (Phi) is 5.58. The molecule has 2 aromatic carbocycles. The van der Waals surface area contributed by atoms with Crippen LogP contribution in [0.4, 0.5) is 13.2 Å². The smallest absolute Gasteiger partial charge is 0.416 e. The molecule has 160 valence electrons. The zero-order valence-electron chi connectivity index (χ0n) is 16.5. The third-order valence-corrected chi connectivity index (χ3v) is 6.33. The Labute approximate surface area is 180 Å². The molecule has 1 atom stereocenters. The fourth-order valence-corrected chi connectivity index (χ4v) is 4.69. The van der Waals surface area contributed by atoms with Crippen molar-refractivity contribution in [2.45, 2.75) is 18.6 Å². The minimum atomic E-state index is -4.42. The number of carbonyl (C=O) groups is 2. The third kappa shape index (κ3) is 4.07. The molecule has 0 fully saturated rings. The second-order valence-electron chi connectivity index (χ2n) is 7.14. The molecule has 0 spiro atoms. The number of amides is 1. The fraction of sp³-hybridized carbons (Fsp3) is 0.217. The number of hydrogen-bond acceptors (Lipinski definition) is 4. The van der Waals surface area contributed by atoms with Crippen molar-refractivity contribution in [1.29, 1.82) is 0 Å². The molecule has 1 aromatic heterocycles. The van der Waals surface area contributed by atoms with Crippen LogP contribution in [-0.2, 0) is 17.3 Å². The molecule has 3 aromatic rings. The summed E-state index contributed by atoms with van der Waals surface area (Å²) in [7, 11) is 1.28. The number of carbonyl (C=O) groups excluding carboxylic acids is 2. The van der Waals surface area contributed by atoms with E-state index in [1.54, 1.807) is 28.4 Å². The van der Waals surface area contributed by atoms with E-state index in [9.17, 15) is 22.8 Å². The molecular weight excluding hydrogens is 427 g/mol. The Morgan fingerprint density at radius 3 is 2.26 bits per heavy atom. The average Bonchev–Trinajstić information content (AvgIpc) is 3.26. The molecule has 4 rings (SSSR count). The van der Waals surface area contributed by atoms with E-state index in [0.717, 1.165) is 22.6 Å². The molecule has 31 heavy (non-hydrogen) atoms. The molecule has 8 heteroatoms. The first-order valence-corrected chi connectivity index (χ1v) is 10.4. The van der Waals surface area contributed by atoms with Gasteiger partial charge in [-0.2, -0.15) is 13.2 Å². The summed E-state index contributed by atoms with van der Waals surface area (Å²) in [6, 6.07) is 12.5. The molecule has 0 N–H and O–H groups in total. The lowest BCUT2D eigenvalue weighted by atomic mass is 9.92. The number of ether oxygens (including phenoxy) is 1. The molecule has 0 radical (unpaired) electrons. The van der Waals surface area contributed by atoms with E-state index in [1.165, 1.54) is 31.4 Å². The minimum Gasteiger partial charge on any atom is -0.465 e. The monoisotopic (exact) mass is 445 g/mol. The van der Waals surface area contributed by atoms with E-state index in [0.29, 0.717) is 29.7 Å². The molecule has 0 saturated carbocycles. The van der Waals surface area contributed by atoms with E-state index in [1.807, 2.05) is 11.4 Å². The zero-order chi connectivity index (χ0) is 22.2. The highest BCUT2D eigenvalue weighted by Crippen LogP contribution is 2.39. The molecule has 1 aliphatic heterocycles. The van der Waals surface area contributed by atoms with Gasteiger partial charge in [-0.15, -0.1) is 11.3 Å². The molecular formula is C23H18F3NO3S. The Hall–Kier alpha value is -3.13. The largest absolute Gasteiger partial charge is 0.465 e. The van der Waals surface area contributed by atoms with Gasteiger partial charge in [-0.1, -0.05) is 12.1 Å². The minimum absolute atomic E-state index is 0.252. The molecule has 1 unspecified atom stereocenters. The molecule has 1 amide bonds. The van der Waals surface area contributed by atoms with Gasteiger partial charge in [-0.25, -0.2) is 4.79 Å². The standard InChI is InChI=1S/C23H18F3NO3S/c1-30-22(29)16-4-2-15(3-5-16)21(28)27-12-10-19-18(11-13-31-19)20(27)14-6-8-17(9-7-14)23(24,25)26/h2-9,11,13,20H,10,12H2,1H3. The predicted molar refractivity (Wildman–Crippen MR) is 110 cm³/mol. The van der Waals surface area contributed by atoms with Crippen molar-refractivity contribution >= 4 is 23.2 Å². The van der Waals surface area contributed by atoms with Gasteiger partial charge in [-0.3, -0.25) is 4.79 Å². The van der Waals surface area contributed by atoms with Gasteiger partial charge in [-0.05, 0) is 65.4 Å².